The van der Waals surface area contributed by atoms with Crippen LogP contribution in [0.25, 0.3) is 0 Å². The van der Waals surface area contributed by atoms with Crippen molar-refractivity contribution in [3.05, 3.63) is 54.1 Å². The molecule has 27 heavy (non-hydrogen) atoms. The Hall–Kier alpha value is -1.91. The van der Waals surface area contributed by atoms with Crippen LogP contribution >= 0.6 is 23.2 Å². The van der Waals surface area contributed by atoms with Crippen LogP contribution in [0.1, 0.15) is 18.4 Å². The molecule has 0 saturated heterocycles. The van der Waals surface area contributed by atoms with Crippen LogP contribution in [0, 0.1) is 0 Å². The zero-order chi connectivity index (χ0) is 19.5. The van der Waals surface area contributed by atoms with Gasteiger partial charge >= 0.3 is 0 Å². The van der Waals surface area contributed by atoms with Gasteiger partial charge in [-0.3, -0.25) is 4.79 Å². The number of anilines is 2. The summed E-state index contributed by atoms with van der Waals surface area (Å²) in [5.74, 6) is 1.93. The molecule has 0 aliphatic heterocycles. The van der Waals surface area contributed by atoms with Crippen molar-refractivity contribution in [2.75, 3.05) is 42.2 Å². The maximum atomic E-state index is 12.1. The Kier molecular flexibility index (Phi) is 9.29. The lowest BCUT2D eigenvalue weighted by molar-refractivity contribution is -0.116. The average Bonchev–Trinajstić information content (AvgIpc) is 2.69. The molecule has 1 amide bonds. The van der Waals surface area contributed by atoms with Crippen LogP contribution in [0.2, 0.25) is 0 Å². The van der Waals surface area contributed by atoms with Crippen molar-refractivity contribution in [2.45, 2.75) is 19.3 Å². The molecule has 0 saturated carbocycles. The van der Waals surface area contributed by atoms with Gasteiger partial charge in [-0.15, -0.1) is 23.2 Å². The van der Waals surface area contributed by atoms with Crippen molar-refractivity contribution >= 4 is 40.5 Å². The van der Waals surface area contributed by atoms with Crippen LogP contribution in [0.3, 0.4) is 0 Å². The van der Waals surface area contributed by atoms with Gasteiger partial charge in [0.2, 0.25) is 5.91 Å². The Labute approximate surface area is 171 Å². The van der Waals surface area contributed by atoms with E-state index in [4.69, 9.17) is 27.9 Å². The lowest BCUT2D eigenvalue weighted by Gasteiger charge is -2.23. The van der Waals surface area contributed by atoms with E-state index < -0.39 is 0 Å². The average molecular weight is 409 g/mol. The monoisotopic (exact) mass is 408 g/mol. The fraction of sp³-hybridized carbons (Fsp3) is 0.381. The molecule has 0 radical (unpaired) electrons. The van der Waals surface area contributed by atoms with Gasteiger partial charge < -0.3 is 15.0 Å². The van der Waals surface area contributed by atoms with E-state index in [1.54, 1.807) is 7.11 Å². The molecule has 0 heterocycles. The first kappa shape index (κ1) is 21.4. The van der Waals surface area contributed by atoms with Crippen molar-refractivity contribution < 1.29 is 9.53 Å². The third kappa shape index (κ3) is 7.31. The third-order valence-corrected chi connectivity index (χ3v) is 4.59. The molecule has 0 aliphatic rings. The van der Waals surface area contributed by atoms with E-state index in [0.717, 1.165) is 43.1 Å². The first-order chi connectivity index (χ1) is 13.2. The van der Waals surface area contributed by atoms with Gasteiger partial charge in [-0.2, -0.15) is 0 Å². The summed E-state index contributed by atoms with van der Waals surface area (Å²) < 4.78 is 5.11. The van der Waals surface area contributed by atoms with Gasteiger partial charge in [0.25, 0.3) is 0 Å². The van der Waals surface area contributed by atoms with Crippen molar-refractivity contribution in [1.82, 2.24) is 0 Å². The van der Waals surface area contributed by atoms with Gasteiger partial charge in [-0.1, -0.05) is 12.1 Å². The molecule has 0 bridgehead atoms. The number of alkyl halides is 2. The second-order valence-electron chi connectivity index (χ2n) is 6.16. The molecular formula is C21H26Cl2N2O2. The molecule has 146 valence electrons. The Morgan fingerprint density at radius 3 is 2.19 bits per heavy atom. The van der Waals surface area contributed by atoms with Gasteiger partial charge in [-0.05, 0) is 54.8 Å². The first-order valence-corrected chi connectivity index (χ1v) is 10.1. The molecule has 6 heteroatoms. The number of methoxy groups -OCH3 is 1. The molecule has 0 aliphatic carbocycles. The van der Waals surface area contributed by atoms with Gasteiger partial charge in [0, 0.05) is 42.6 Å². The SMILES string of the molecule is COc1ccc(NC(=O)CCCc2ccc(N(CCCl)CCCl)cc2)cc1. The van der Waals surface area contributed by atoms with E-state index in [9.17, 15) is 4.79 Å². The van der Waals surface area contributed by atoms with Crippen LogP contribution < -0.4 is 15.0 Å². The van der Waals surface area contributed by atoms with Crippen LogP contribution in [0.5, 0.6) is 5.75 Å². The molecule has 2 rings (SSSR count). The predicted octanol–water partition coefficient (Wildman–Crippen LogP) is 4.94. The summed E-state index contributed by atoms with van der Waals surface area (Å²) in [6.45, 7) is 1.55. The number of nitrogens with one attached hydrogen (secondary N) is 1. The number of benzene rings is 2. The minimum Gasteiger partial charge on any atom is -0.497 e. The minimum atomic E-state index is 0.0205. The first-order valence-electron chi connectivity index (χ1n) is 9.06. The number of amides is 1. The zero-order valence-corrected chi connectivity index (χ0v) is 17.1. The predicted molar refractivity (Wildman–Crippen MR) is 115 cm³/mol. The summed E-state index contributed by atoms with van der Waals surface area (Å²) in [6.07, 6.45) is 2.15. The van der Waals surface area contributed by atoms with E-state index in [1.165, 1.54) is 5.56 Å². The summed E-state index contributed by atoms with van der Waals surface area (Å²) in [4.78, 5) is 14.2. The summed E-state index contributed by atoms with van der Waals surface area (Å²) in [5, 5.41) is 2.91. The summed E-state index contributed by atoms with van der Waals surface area (Å²) in [5.41, 5.74) is 3.12. The number of ether oxygens (including phenoxy) is 1. The normalized spacial score (nSPS) is 10.5. The minimum absolute atomic E-state index is 0.0205. The highest BCUT2D eigenvalue weighted by Gasteiger charge is 2.06. The lowest BCUT2D eigenvalue weighted by Crippen LogP contribution is -2.27. The summed E-state index contributed by atoms with van der Waals surface area (Å²) in [7, 11) is 1.62. The van der Waals surface area contributed by atoms with E-state index in [2.05, 4.69) is 34.5 Å². The highest BCUT2D eigenvalue weighted by molar-refractivity contribution is 6.18. The lowest BCUT2D eigenvalue weighted by atomic mass is 10.1. The standard InChI is InChI=1S/C21H26Cl2N2O2/c1-27-20-11-7-18(8-12-20)24-21(26)4-2-3-17-5-9-19(10-6-17)25(15-13-22)16-14-23/h5-12H,2-4,13-16H2,1H3,(H,24,26). The highest BCUT2D eigenvalue weighted by atomic mass is 35.5. The molecule has 2 aromatic carbocycles. The fourth-order valence-electron chi connectivity index (χ4n) is 2.80. The van der Waals surface area contributed by atoms with Crippen molar-refractivity contribution in [3.8, 4) is 5.75 Å². The molecule has 1 N–H and O–H groups in total. The van der Waals surface area contributed by atoms with Crippen LogP contribution in [0.15, 0.2) is 48.5 Å². The Morgan fingerprint density at radius 1 is 1.00 bits per heavy atom. The van der Waals surface area contributed by atoms with Gasteiger partial charge in [0.15, 0.2) is 0 Å². The smallest absolute Gasteiger partial charge is 0.224 e. The Balaban J connectivity index is 1.77. The molecule has 0 aromatic heterocycles. The van der Waals surface area contributed by atoms with Gasteiger partial charge in [-0.25, -0.2) is 0 Å². The number of carbonyl (C=O) groups excluding carboxylic acids is 1. The second-order valence-corrected chi connectivity index (χ2v) is 6.92. The molecule has 4 nitrogen and oxygen atoms in total. The molecule has 0 unspecified atom stereocenters. The summed E-state index contributed by atoms with van der Waals surface area (Å²) in [6, 6.07) is 15.7. The van der Waals surface area contributed by atoms with E-state index >= 15 is 0 Å². The quantitative estimate of drug-likeness (QED) is 0.535. The maximum absolute atomic E-state index is 12.1. The third-order valence-electron chi connectivity index (χ3n) is 4.25. The van der Waals surface area contributed by atoms with Crippen molar-refractivity contribution in [1.29, 1.82) is 0 Å². The van der Waals surface area contributed by atoms with E-state index in [1.807, 2.05) is 24.3 Å². The number of rotatable bonds is 11. The molecular weight excluding hydrogens is 383 g/mol. The molecule has 2 aromatic rings. The number of hydrogen-bond donors (Lipinski definition) is 1. The Bertz CT molecular complexity index is 684. The van der Waals surface area contributed by atoms with Crippen LogP contribution in [-0.4, -0.2) is 37.9 Å². The van der Waals surface area contributed by atoms with E-state index in [0.29, 0.717) is 18.2 Å². The fourth-order valence-corrected chi connectivity index (χ4v) is 3.21. The topological polar surface area (TPSA) is 41.6 Å². The number of aryl methyl sites for hydroxylation is 1. The second kappa shape index (κ2) is 11.7. The molecule has 0 atom stereocenters. The zero-order valence-electron chi connectivity index (χ0n) is 15.6. The molecule has 0 fully saturated rings. The molecule has 0 spiro atoms. The number of nitrogens with zero attached hydrogens (tertiary/aromatic N) is 1. The van der Waals surface area contributed by atoms with Gasteiger partial charge in [0.05, 0.1) is 7.11 Å². The number of hydrogen-bond acceptors (Lipinski definition) is 3. The van der Waals surface area contributed by atoms with E-state index in [-0.39, 0.29) is 5.91 Å². The largest absolute Gasteiger partial charge is 0.497 e. The van der Waals surface area contributed by atoms with Crippen LogP contribution in [-0.2, 0) is 11.2 Å². The van der Waals surface area contributed by atoms with Crippen molar-refractivity contribution in [3.63, 3.8) is 0 Å². The van der Waals surface area contributed by atoms with Crippen molar-refractivity contribution in [2.24, 2.45) is 0 Å². The number of carbonyl (C=O) groups is 1. The van der Waals surface area contributed by atoms with Crippen LogP contribution in [0.4, 0.5) is 11.4 Å². The van der Waals surface area contributed by atoms with Gasteiger partial charge in [0.1, 0.15) is 5.75 Å². The maximum Gasteiger partial charge on any atom is 0.224 e. The Morgan fingerprint density at radius 2 is 1.63 bits per heavy atom. The summed E-state index contributed by atoms with van der Waals surface area (Å²) >= 11 is 11.7. The number of halogens is 2. The highest BCUT2D eigenvalue weighted by Crippen LogP contribution is 2.18.